The molecule has 0 aliphatic carbocycles. The molecule has 0 N–H and O–H groups in total. The standard InChI is InChI=1S/C24H30FN3O3/c1-15(2)22-26-21-9-13-30-12-8-19(21)23(27-22)31-18-6-10-28(11-7-18)24(29)17-5-4-16(3)20(25)14-17/h4-5,14-15,18H,6-13H2,1-3H3. The number of hydrogen-bond acceptors (Lipinski definition) is 5. The van der Waals surface area contributed by atoms with Crippen molar-refractivity contribution in [3.8, 4) is 5.88 Å². The molecule has 1 saturated heterocycles. The van der Waals surface area contributed by atoms with Gasteiger partial charge in [-0.15, -0.1) is 0 Å². The molecule has 1 aromatic heterocycles. The zero-order valence-corrected chi connectivity index (χ0v) is 18.5. The molecule has 4 rings (SSSR count). The summed E-state index contributed by atoms with van der Waals surface area (Å²) in [5, 5.41) is 0. The highest BCUT2D eigenvalue weighted by molar-refractivity contribution is 5.94. The van der Waals surface area contributed by atoms with Gasteiger partial charge < -0.3 is 14.4 Å². The molecule has 166 valence electrons. The summed E-state index contributed by atoms with van der Waals surface area (Å²) in [7, 11) is 0. The fourth-order valence-electron chi connectivity index (χ4n) is 4.03. The number of hydrogen-bond donors (Lipinski definition) is 0. The highest BCUT2D eigenvalue weighted by atomic mass is 19.1. The van der Waals surface area contributed by atoms with Crippen LogP contribution in [-0.4, -0.2) is 53.2 Å². The lowest BCUT2D eigenvalue weighted by Gasteiger charge is -2.32. The number of benzene rings is 1. The zero-order chi connectivity index (χ0) is 22.0. The molecule has 0 unspecified atom stereocenters. The summed E-state index contributed by atoms with van der Waals surface area (Å²) in [6.45, 7) is 8.32. The molecule has 0 radical (unpaired) electrons. The molecule has 1 aromatic carbocycles. The molecular weight excluding hydrogens is 397 g/mol. The van der Waals surface area contributed by atoms with Gasteiger partial charge in [0, 0.05) is 55.8 Å². The molecule has 2 aromatic rings. The van der Waals surface area contributed by atoms with Gasteiger partial charge in [-0.2, -0.15) is 4.98 Å². The number of ether oxygens (including phenoxy) is 2. The van der Waals surface area contributed by atoms with Crippen molar-refractivity contribution in [1.82, 2.24) is 14.9 Å². The van der Waals surface area contributed by atoms with E-state index in [1.807, 2.05) is 0 Å². The average molecular weight is 428 g/mol. The van der Waals surface area contributed by atoms with E-state index >= 15 is 0 Å². The summed E-state index contributed by atoms with van der Waals surface area (Å²) in [6.07, 6.45) is 2.94. The van der Waals surface area contributed by atoms with Gasteiger partial charge in [-0.25, -0.2) is 9.37 Å². The molecule has 7 heteroatoms. The topological polar surface area (TPSA) is 64.6 Å². The molecule has 0 spiro atoms. The first-order valence-electron chi connectivity index (χ1n) is 11.1. The number of piperidine rings is 1. The summed E-state index contributed by atoms with van der Waals surface area (Å²) in [4.78, 5) is 24.0. The molecular formula is C24H30FN3O3. The normalized spacial score (nSPS) is 17.4. The van der Waals surface area contributed by atoms with Crippen molar-refractivity contribution >= 4 is 5.91 Å². The number of halogens is 1. The van der Waals surface area contributed by atoms with E-state index in [0.717, 1.165) is 29.9 Å². The van der Waals surface area contributed by atoms with Crippen molar-refractivity contribution in [2.24, 2.45) is 0 Å². The van der Waals surface area contributed by atoms with E-state index in [4.69, 9.17) is 19.4 Å². The summed E-state index contributed by atoms with van der Waals surface area (Å²) in [6, 6.07) is 4.66. The summed E-state index contributed by atoms with van der Waals surface area (Å²) in [5.41, 5.74) is 3.01. The second-order valence-corrected chi connectivity index (χ2v) is 8.65. The number of amides is 1. The Hall–Kier alpha value is -2.54. The predicted octanol–water partition coefficient (Wildman–Crippen LogP) is 3.85. The Balaban J connectivity index is 1.44. The lowest BCUT2D eigenvalue weighted by molar-refractivity contribution is 0.0583. The fraction of sp³-hybridized carbons (Fsp3) is 0.542. The molecule has 6 nitrogen and oxygen atoms in total. The Labute approximate surface area is 182 Å². The second-order valence-electron chi connectivity index (χ2n) is 8.65. The first kappa shape index (κ1) is 21.7. The van der Waals surface area contributed by atoms with Gasteiger partial charge in [0.05, 0.1) is 18.9 Å². The van der Waals surface area contributed by atoms with Crippen LogP contribution in [0.15, 0.2) is 18.2 Å². The van der Waals surface area contributed by atoms with Crippen LogP contribution in [0.1, 0.15) is 65.6 Å². The SMILES string of the molecule is Cc1ccc(C(=O)N2CCC(Oc3nc(C(C)C)nc4c3CCOCC4)CC2)cc1F. The van der Waals surface area contributed by atoms with E-state index < -0.39 is 0 Å². The number of likely N-dealkylation sites (tertiary alicyclic amines) is 1. The molecule has 0 bridgehead atoms. The van der Waals surface area contributed by atoms with Crippen molar-refractivity contribution in [3.63, 3.8) is 0 Å². The number of rotatable bonds is 4. The van der Waals surface area contributed by atoms with E-state index in [9.17, 15) is 9.18 Å². The average Bonchev–Trinajstić information content (AvgIpc) is 3.01. The third kappa shape index (κ3) is 4.87. The second kappa shape index (κ2) is 9.30. The minimum Gasteiger partial charge on any atom is -0.474 e. The Kier molecular flexibility index (Phi) is 6.51. The molecule has 3 heterocycles. The van der Waals surface area contributed by atoms with Gasteiger partial charge in [0.15, 0.2) is 0 Å². The number of carbonyl (C=O) groups is 1. The van der Waals surface area contributed by atoms with Crippen molar-refractivity contribution in [2.45, 2.75) is 58.5 Å². The van der Waals surface area contributed by atoms with Crippen LogP contribution in [0.3, 0.4) is 0 Å². The fourth-order valence-corrected chi connectivity index (χ4v) is 4.03. The van der Waals surface area contributed by atoms with Crippen LogP contribution in [0.4, 0.5) is 4.39 Å². The number of aryl methyl sites for hydroxylation is 1. The minimum atomic E-state index is -0.349. The monoisotopic (exact) mass is 427 g/mol. The van der Waals surface area contributed by atoms with E-state index in [1.165, 1.54) is 6.07 Å². The lowest BCUT2D eigenvalue weighted by Crippen LogP contribution is -2.42. The summed E-state index contributed by atoms with van der Waals surface area (Å²) < 4.78 is 25.8. The van der Waals surface area contributed by atoms with Crippen molar-refractivity contribution in [2.75, 3.05) is 26.3 Å². The molecule has 2 aliphatic heterocycles. The molecule has 2 aliphatic rings. The van der Waals surface area contributed by atoms with Gasteiger partial charge in [0.25, 0.3) is 5.91 Å². The molecule has 1 amide bonds. The maximum atomic E-state index is 13.9. The Morgan fingerprint density at radius 3 is 2.65 bits per heavy atom. The number of aromatic nitrogens is 2. The maximum Gasteiger partial charge on any atom is 0.253 e. The molecule has 0 atom stereocenters. The third-order valence-corrected chi connectivity index (χ3v) is 5.99. The van der Waals surface area contributed by atoms with Crippen LogP contribution in [0, 0.1) is 12.7 Å². The van der Waals surface area contributed by atoms with E-state index in [1.54, 1.807) is 24.0 Å². The Bertz CT molecular complexity index is 955. The van der Waals surface area contributed by atoms with Crippen LogP contribution in [0.5, 0.6) is 5.88 Å². The van der Waals surface area contributed by atoms with Gasteiger partial charge in [-0.1, -0.05) is 19.9 Å². The van der Waals surface area contributed by atoms with E-state index in [0.29, 0.717) is 56.2 Å². The van der Waals surface area contributed by atoms with Crippen LogP contribution in [-0.2, 0) is 17.6 Å². The summed E-state index contributed by atoms with van der Waals surface area (Å²) >= 11 is 0. The first-order chi connectivity index (χ1) is 14.9. The van der Waals surface area contributed by atoms with Gasteiger partial charge >= 0.3 is 0 Å². The molecule has 31 heavy (non-hydrogen) atoms. The quantitative estimate of drug-likeness (QED) is 0.742. The van der Waals surface area contributed by atoms with Crippen molar-refractivity contribution < 1.29 is 18.7 Å². The highest BCUT2D eigenvalue weighted by Crippen LogP contribution is 2.28. The van der Waals surface area contributed by atoms with Crippen LogP contribution in [0.25, 0.3) is 0 Å². The predicted molar refractivity (Wildman–Crippen MR) is 115 cm³/mol. The van der Waals surface area contributed by atoms with E-state index in [2.05, 4.69) is 13.8 Å². The van der Waals surface area contributed by atoms with Crippen molar-refractivity contribution in [3.05, 3.63) is 52.2 Å². The number of nitrogens with zero attached hydrogens (tertiary/aromatic N) is 3. The third-order valence-electron chi connectivity index (χ3n) is 5.99. The largest absolute Gasteiger partial charge is 0.474 e. The highest BCUT2D eigenvalue weighted by Gasteiger charge is 2.27. The zero-order valence-electron chi connectivity index (χ0n) is 18.5. The number of carbonyl (C=O) groups excluding carboxylic acids is 1. The van der Waals surface area contributed by atoms with Gasteiger partial charge in [0.2, 0.25) is 5.88 Å². The molecule has 1 fully saturated rings. The minimum absolute atomic E-state index is 0.0120. The van der Waals surface area contributed by atoms with Crippen LogP contribution in [0.2, 0.25) is 0 Å². The first-order valence-corrected chi connectivity index (χ1v) is 11.1. The smallest absolute Gasteiger partial charge is 0.253 e. The lowest BCUT2D eigenvalue weighted by atomic mass is 10.0. The maximum absolute atomic E-state index is 13.9. The summed E-state index contributed by atoms with van der Waals surface area (Å²) in [5.74, 6) is 1.20. The van der Waals surface area contributed by atoms with Gasteiger partial charge in [-0.05, 0) is 24.6 Å². The Morgan fingerprint density at radius 2 is 1.94 bits per heavy atom. The van der Waals surface area contributed by atoms with Gasteiger partial charge in [-0.3, -0.25) is 4.79 Å². The van der Waals surface area contributed by atoms with Crippen molar-refractivity contribution in [1.29, 1.82) is 0 Å². The van der Waals surface area contributed by atoms with Crippen LogP contribution < -0.4 is 4.74 Å². The molecule has 0 saturated carbocycles. The van der Waals surface area contributed by atoms with E-state index in [-0.39, 0.29) is 23.7 Å². The van der Waals surface area contributed by atoms with Crippen LogP contribution >= 0.6 is 0 Å². The Morgan fingerprint density at radius 1 is 1.19 bits per heavy atom. The van der Waals surface area contributed by atoms with Gasteiger partial charge in [0.1, 0.15) is 17.7 Å². The number of fused-ring (bicyclic) bond motifs is 1.